The Bertz CT molecular complexity index is 867. The van der Waals surface area contributed by atoms with E-state index in [0.717, 1.165) is 18.2 Å². The van der Waals surface area contributed by atoms with Gasteiger partial charge in [0.25, 0.3) is 0 Å². The van der Waals surface area contributed by atoms with Crippen molar-refractivity contribution in [2.45, 2.75) is 25.4 Å². The predicted octanol–water partition coefficient (Wildman–Crippen LogP) is 1.49. The molecule has 2 unspecified atom stereocenters. The lowest BCUT2D eigenvalue weighted by Gasteiger charge is -2.22. The molecule has 2 atom stereocenters. The topological polar surface area (TPSA) is 153 Å². The van der Waals surface area contributed by atoms with Gasteiger partial charge in [-0.2, -0.15) is 0 Å². The number of carboxylic acid groups (broad SMARTS) is 2. The third kappa shape index (κ3) is 5.38. The molecule has 0 spiro atoms. The number of hydrogen-bond acceptors (Lipinski definition) is 6. The summed E-state index contributed by atoms with van der Waals surface area (Å²) in [6, 6.07) is 12.7. The van der Waals surface area contributed by atoms with Crippen LogP contribution in [0.1, 0.15) is 28.3 Å². The molecular weight excluding hydrogens is 364 g/mol. The number of aliphatic carboxylic acids is 2. The van der Waals surface area contributed by atoms with Crippen molar-refractivity contribution >= 4 is 17.9 Å². The van der Waals surface area contributed by atoms with E-state index < -0.39 is 29.5 Å². The predicted molar refractivity (Wildman–Crippen MR) is 102 cm³/mol. The number of esters is 1. The summed E-state index contributed by atoms with van der Waals surface area (Å²) >= 11 is 0. The molecule has 8 heteroatoms. The number of rotatable bonds is 5. The molecule has 28 heavy (non-hydrogen) atoms. The molecule has 0 bridgehead atoms. The largest absolute Gasteiger partial charge is 0.480 e. The maximum absolute atomic E-state index is 11.5. The second kappa shape index (κ2) is 9.63. The highest BCUT2D eigenvalue weighted by molar-refractivity contribution is 6.04. The van der Waals surface area contributed by atoms with Gasteiger partial charge in [-0.25, -0.2) is 9.59 Å². The smallest absolute Gasteiger partial charge is 0.342 e. The molecule has 8 nitrogen and oxygen atoms in total. The van der Waals surface area contributed by atoms with Crippen LogP contribution in [0.4, 0.5) is 0 Å². The summed E-state index contributed by atoms with van der Waals surface area (Å²) in [5, 5.41) is 17.7. The molecule has 2 rings (SSSR count). The lowest BCUT2D eigenvalue weighted by Crippen LogP contribution is -2.52. The van der Waals surface area contributed by atoms with Crippen LogP contribution in [-0.2, 0) is 24.7 Å². The summed E-state index contributed by atoms with van der Waals surface area (Å²) in [7, 11) is 1.10. The molecule has 2 aromatic rings. The fourth-order valence-corrected chi connectivity index (χ4v) is 2.39. The molecule has 150 valence electrons. The monoisotopic (exact) mass is 388 g/mol. The highest BCUT2D eigenvalue weighted by Gasteiger charge is 2.45. The molecule has 0 fully saturated rings. The van der Waals surface area contributed by atoms with Gasteiger partial charge >= 0.3 is 17.9 Å². The van der Waals surface area contributed by atoms with Crippen LogP contribution in [0.25, 0.3) is 0 Å². The van der Waals surface area contributed by atoms with Gasteiger partial charge in [0.2, 0.25) is 5.54 Å². The molecule has 0 aliphatic heterocycles. The number of carbonyl (C=O) groups excluding carboxylic acids is 1. The lowest BCUT2D eigenvalue weighted by molar-refractivity contribution is -0.159. The molecular formula is C20H24N2O6. The van der Waals surface area contributed by atoms with E-state index in [1.54, 1.807) is 43.3 Å². The minimum absolute atomic E-state index is 0.201. The van der Waals surface area contributed by atoms with Gasteiger partial charge in [-0.15, -0.1) is 0 Å². The number of aryl methyl sites for hydroxylation is 2. The van der Waals surface area contributed by atoms with Crippen LogP contribution in [0.3, 0.4) is 0 Å². The van der Waals surface area contributed by atoms with Gasteiger partial charge in [0.15, 0.2) is 0 Å². The standard InChI is InChI=1S/C11H13NO4.C9H11NO2/c1-7-4-3-5-8(6-7)11(12,9(13)14)10(15)16-2;1-6-3-2-4-7(5-6)8(10)9(11)12/h3-6H,12H2,1-2H3,(H,13,14);2-5,8H,10H2,1H3,(H,11,12). The molecule has 0 heterocycles. The zero-order valence-corrected chi connectivity index (χ0v) is 15.9. The second-order valence-corrected chi connectivity index (χ2v) is 6.20. The maximum Gasteiger partial charge on any atom is 0.342 e. The van der Waals surface area contributed by atoms with Crippen molar-refractivity contribution in [1.82, 2.24) is 0 Å². The molecule has 0 aliphatic rings. The summed E-state index contributed by atoms with van der Waals surface area (Å²) in [5.41, 5.74) is 11.5. The highest BCUT2D eigenvalue weighted by atomic mass is 16.5. The summed E-state index contributed by atoms with van der Waals surface area (Å²) in [5.74, 6) is -3.43. The van der Waals surface area contributed by atoms with Gasteiger partial charge in [0, 0.05) is 0 Å². The van der Waals surface area contributed by atoms with Crippen molar-refractivity contribution in [3.8, 4) is 0 Å². The van der Waals surface area contributed by atoms with E-state index in [1.165, 1.54) is 6.07 Å². The van der Waals surface area contributed by atoms with E-state index in [-0.39, 0.29) is 5.56 Å². The highest BCUT2D eigenvalue weighted by Crippen LogP contribution is 2.21. The number of carbonyl (C=O) groups is 3. The average Bonchev–Trinajstić information content (AvgIpc) is 2.66. The quantitative estimate of drug-likeness (QED) is 0.444. The van der Waals surface area contributed by atoms with E-state index in [4.69, 9.17) is 21.7 Å². The van der Waals surface area contributed by atoms with Crippen LogP contribution in [0.5, 0.6) is 0 Å². The molecule has 0 amide bonds. The first kappa shape index (κ1) is 22.8. The van der Waals surface area contributed by atoms with Gasteiger partial charge in [-0.1, -0.05) is 59.7 Å². The van der Waals surface area contributed by atoms with E-state index in [9.17, 15) is 14.4 Å². The van der Waals surface area contributed by atoms with Crippen molar-refractivity contribution in [1.29, 1.82) is 0 Å². The average molecular weight is 388 g/mol. The SMILES string of the molecule is COC(=O)C(N)(C(=O)O)c1cccc(C)c1.Cc1cccc(C(N)C(=O)O)c1. The summed E-state index contributed by atoms with van der Waals surface area (Å²) in [6.45, 7) is 3.68. The number of nitrogens with two attached hydrogens (primary N) is 2. The van der Waals surface area contributed by atoms with Crippen LogP contribution in [0.15, 0.2) is 48.5 Å². The number of ether oxygens (including phenoxy) is 1. The maximum atomic E-state index is 11.5. The van der Waals surface area contributed by atoms with Gasteiger partial charge in [-0.05, 0) is 25.0 Å². The second-order valence-electron chi connectivity index (χ2n) is 6.20. The van der Waals surface area contributed by atoms with E-state index in [2.05, 4.69) is 4.74 Å². The molecule has 2 aromatic carbocycles. The van der Waals surface area contributed by atoms with Crippen molar-refractivity contribution in [3.63, 3.8) is 0 Å². The molecule has 0 saturated carbocycles. The Hall–Kier alpha value is -3.23. The minimum atomic E-state index is -2.15. The fourth-order valence-electron chi connectivity index (χ4n) is 2.39. The fraction of sp³-hybridized carbons (Fsp3) is 0.250. The summed E-state index contributed by atoms with van der Waals surface area (Å²) in [4.78, 5) is 33.1. The number of carboxylic acids is 2. The van der Waals surface area contributed by atoms with Crippen molar-refractivity contribution in [2.24, 2.45) is 11.5 Å². The molecule has 0 saturated heterocycles. The van der Waals surface area contributed by atoms with Crippen molar-refractivity contribution < 1.29 is 29.3 Å². The molecule has 0 aromatic heterocycles. The minimum Gasteiger partial charge on any atom is -0.480 e. The number of benzene rings is 2. The van der Waals surface area contributed by atoms with E-state index >= 15 is 0 Å². The van der Waals surface area contributed by atoms with Crippen LogP contribution >= 0.6 is 0 Å². The van der Waals surface area contributed by atoms with Crippen LogP contribution in [-0.4, -0.2) is 35.2 Å². The summed E-state index contributed by atoms with van der Waals surface area (Å²) < 4.78 is 4.43. The van der Waals surface area contributed by atoms with Crippen LogP contribution < -0.4 is 11.5 Å². The first-order chi connectivity index (χ1) is 13.0. The molecule has 6 N–H and O–H groups in total. The third-order valence-electron chi connectivity index (χ3n) is 3.99. The molecule has 0 aliphatic carbocycles. The Morgan fingerprint density at radius 1 is 1.00 bits per heavy atom. The summed E-state index contributed by atoms with van der Waals surface area (Å²) in [6.07, 6.45) is 0. The Kier molecular flexibility index (Phi) is 7.85. The van der Waals surface area contributed by atoms with Gasteiger partial charge in [-0.3, -0.25) is 4.79 Å². The molecule has 0 radical (unpaired) electrons. The first-order valence-electron chi connectivity index (χ1n) is 8.26. The van der Waals surface area contributed by atoms with Gasteiger partial charge < -0.3 is 26.4 Å². The van der Waals surface area contributed by atoms with Crippen molar-refractivity contribution in [3.05, 3.63) is 70.8 Å². The Balaban J connectivity index is 0.000000292. The van der Waals surface area contributed by atoms with Crippen LogP contribution in [0, 0.1) is 13.8 Å². The lowest BCUT2D eigenvalue weighted by atomic mass is 9.90. The van der Waals surface area contributed by atoms with Gasteiger partial charge in [0.1, 0.15) is 6.04 Å². The third-order valence-corrected chi connectivity index (χ3v) is 3.99. The first-order valence-corrected chi connectivity index (χ1v) is 8.26. The zero-order chi connectivity index (χ0) is 21.5. The Morgan fingerprint density at radius 3 is 1.96 bits per heavy atom. The van der Waals surface area contributed by atoms with E-state index in [0.29, 0.717) is 5.56 Å². The normalized spacial score (nSPS) is 13.3. The van der Waals surface area contributed by atoms with E-state index in [1.807, 2.05) is 13.0 Å². The number of methoxy groups -OCH3 is 1. The zero-order valence-electron chi connectivity index (χ0n) is 15.9. The Morgan fingerprint density at radius 2 is 1.54 bits per heavy atom. The van der Waals surface area contributed by atoms with Crippen molar-refractivity contribution in [2.75, 3.05) is 7.11 Å². The number of hydrogen-bond donors (Lipinski definition) is 4. The van der Waals surface area contributed by atoms with Crippen LogP contribution in [0.2, 0.25) is 0 Å². The Labute approximate surface area is 162 Å². The van der Waals surface area contributed by atoms with Gasteiger partial charge in [0.05, 0.1) is 7.11 Å².